The summed E-state index contributed by atoms with van der Waals surface area (Å²) in [5, 5.41) is 3.69. The number of hydrogen-bond donors (Lipinski definition) is 1. The highest BCUT2D eigenvalue weighted by atomic mass is 32.2. The number of thioether (sulfide) groups is 1. The fraction of sp³-hybridized carbons (Fsp3) is 0.438. The highest BCUT2D eigenvalue weighted by Gasteiger charge is 2.27. The molecule has 1 atom stereocenters. The molecule has 1 amide bonds. The lowest BCUT2D eigenvalue weighted by Gasteiger charge is -2.17. The fourth-order valence-corrected chi connectivity index (χ4v) is 4.57. The Morgan fingerprint density at radius 1 is 1.39 bits per heavy atom. The first-order valence-electron chi connectivity index (χ1n) is 7.49. The molecule has 1 saturated heterocycles. The van der Waals surface area contributed by atoms with E-state index in [-0.39, 0.29) is 23.6 Å². The Hall–Kier alpha value is -1.60. The molecule has 122 valence electrons. The Labute approximate surface area is 143 Å². The van der Waals surface area contributed by atoms with E-state index >= 15 is 0 Å². The third-order valence-corrected chi connectivity index (χ3v) is 6.22. The molecule has 1 aliphatic heterocycles. The van der Waals surface area contributed by atoms with Crippen molar-refractivity contribution in [1.29, 1.82) is 0 Å². The monoisotopic (exact) mass is 349 g/mol. The quantitative estimate of drug-likeness (QED) is 0.919. The van der Waals surface area contributed by atoms with Crippen LogP contribution in [0.15, 0.2) is 12.1 Å². The van der Waals surface area contributed by atoms with Crippen molar-refractivity contribution in [3.63, 3.8) is 0 Å². The van der Waals surface area contributed by atoms with E-state index in [1.807, 2.05) is 18.9 Å². The number of amides is 1. The summed E-state index contributed by atoms with van der Waals surface area (Å²) in [6, 6.07) is 3.83. The van der Waals surface area contributed by atoms with Crippen molar-refractivity contribution in [2.45, 2.75) is 26.3 Å². The number of benzene rings is 1. The molecule has 1 N–H and O–H groups in total. The predicted molar refractivity (Wildman–Crippen MR) is 96.4 cm³/mol. The Bertz CT molecular complexity index is 733. The van der Waals surface area contributed by atoms with Gasteiger partial charge in [-0.1, -0.05) is 35.2 Å². The van der Waals surface area contributed by atoms with Gasteiger partial charge in [0.1, 0.15) is 0 Å². The highest BCUT2D eigenvalue weighted by molar-refractivity contribution is 8.14. The average molecular weight is 349 g/mol. The number of nitrogens with one attached hydrogen (secondary N) is 1. The molecule has 2 aromatic rings. The number of aromatic nitrogens is 1. The smallest absolute Gasteiger partial charge is 0.240 e. The molecule has 1 aromatic heterocycles. The minimum Gasteiger partial charge on any atom is -0.344 e. The summed E-state index contributed by atoms with van der Waals surface area (Å²) in [7, 11) is 1.85. The van der Waals surface area contributed by atoms with Crippen LogP contribution in [0.4, 0.5) is 5.13 Å². The van der Waals surface area contributed by atoms with Crippen molar-refractivity contribution in [3.8, 4) is 0 Å². The first-order chi connectivity index (χ1) is 11.0. The number of fused-ring (bicyclic) bond motifs is 1. The van der Waals surface area contributed by atoms with E-state index in [2.05, 4.69) is 29.4 Å². The van der Waals surface area contributed by atoms with Gasteiger partial charge in [0.05, 0.1) is 22.8 Å². The van der Waals surface area contributed by atoms with Gasteiger partial charge >= 0.3 is 0 Å². The van der Waals surface area contributed by atoms with Crippen LogP contribution in [0.5, 0.6) is 0 Å². The molecule has 0 spiro atoms. The van der Waals surface area contributed by atoms with E-state index in [1.165, 1.54) is 17.3 Å². The Morgan fingerprint density at radius 3 is 2.78 bits per heavy atom. The van der Waals surface area contributed by atoms with Gasteiger partial charge in [-0.15, -0.1) is 0 Å². The summed E-state index contributed by atoms with van der Waals surface area (Å²) in [6.07, 6.45) is 0.721. The standard InChI is InChI=1S/C16H19N3O2S2/c1-9-4-5-10(2)14-13(9)18-16(23-14)19(3)8-12(20)17-11-6-7-22-15(11)21/h4-5,11H,6-8H2,1-3H3,(H,17,20). The molecule has 0 bridgehead atoms. The fourth-order valence-electron chi connectivity index (χ4n) is 2.56. The molecule has 1 aromatic carbocycles. The summed E-state index contributed by atoms with van der Waals surface area (Å²) < 4.78 is 1.16. The van der Waals surface area contributed by atoms with Crippen LogP contribution in [-0.2, 0) is 9.59 Å². The maximum absolute atomic E-state index is 12.1. The second kappa shape index (κ2) is 6.49. The lowest BCUT2D eigenvalue weighted by molar-refractivity contribution is -0.123. The SMILES string of the molecule is Cc1ccc(C)c2sc(N(C)CC(=O)NC3CCSC3=O)nc12. The van der Waals surface area contributed by atoms with Crippen molar-refractivity contribution < 1.29 is 9.59 Å². The van der Waals surface area contributed by atoms with Gasteiger partial charge in [0.15, 0.2) is 5.13 Å². The van der Waals surface area contributed by atoms with Gasteiger partial charge in [0.2, 0.25) is 11.0 Å². The minimum atomic E-state index is -0.333. The van der Waals surface area contributed by atoms with Gasteiger partial charge in [-0.05, 0) is 31.4 Å². The van der Waals surface area contributed by atoms with E-state index < -0.39 is 0 Å². The molecule has 23 heavy (non-hydrogen) atoms. The summed E-state index contributed by atoms with van der Waals surface area (Å²) >= 11 is 2.89. The molecule has 2 heterocycles. The van der Waals surface area contributed by atoms with Crippen molar-refractivity contribution in [2.75, 3.05) is 24.2 Å². The molecule has 1 unspecified atom stereocenters. The number of anilines is 1. The number of nitrogens with zero attached hydrogens (tertiary/aromatic N) is 2. The number of carbonyl (C=O) groups is 2. The van der Waals surface area contributed by atoms with E-state index in [0.29, 0.717) is 0 Å². The highest BCUT2D eigenvalue weighted by Crippen LogP contribution is 2.32. The number of hydrogen-bond acceptors (Lipinski definition) is 6. The maximum Gasteiger partial charge on any atom is 0.240 e. The summed E-state index contributed by atoms with van der Waals surface area (Å²) in [5.41, 5.74) is 3.33. The zero-order chi connectivity index (χ0) is 16.6. The van der Waals surface area contributed by atoms with Crippen LogP contribution in [0.3, 0.4) is 0 Å². The molecular weight excluding hydrogens is 330 g/mol. The van der Waals surface area contributed by atoms with Gasteiger partial charge in [0.25, 0.3) is 0 Å². The van der Waals surface area contributed by atoms with Crippen LogP contribution < -0.4 is 10.2 Å². The number of thiazole rings is 1. The maximum atomic E-state index is 12.1. The molecule has 1 fully saturated rings. The average Bonchev–Trinajstić information content (AvgIpc) is 3.11. The second-order valence-electron chi connectivity index (χ2n) is 5.81. The van der Waals surface area contributed by atoms with Gasteiger partial charge in [-0.3, -0.25) is 9.59 Å². The van der Waals surface area contributed by atoms with Gasteiger partial charge < -0.3 is 10.2 Å². The van der Waals surface area contributed by atoms with E-state index in [4.69, 9.17) is 0 Å². The minimum absolute atomic E-state index is 0.0623. The van der Waals surface area contributed by atoms with Gasteiger partial charge in [-0.25, -0.2) is 4.98 Å². The van der Waals surface area contributed by atoms with Crippen molar-refractivity contribution in [1.82, 2.24) is 10.3 Å². The first-order valence-corrected chi connectivity index (χ1v) is 9.30. The predicted octanol–water partition coefficient (Wildman–Crippen LogP) is 2.50. The molecular formula is C16H19N3O2S2. The van der Waals surface area contributed by atoms with Crippen LogP contribution >= 0.6 is 23.1 Å². The summed E-state index contributed by atoms with van der Waals surface area (Å²) in [6.45, 7) is 4.31. The summed E-state index contributed by atoms with van der Waals surface area (Å²) in [4.78, 5) is 30.2. The Kier molecular flexibility index (Phi) is 4.59. The Balaban J connectivity index is 1.71. The lowest BCUT2D eigenvalue weighted by Crippen LogP contribution is -2.42. The molecule has 7 heteroatoms. The normalized spacial score (nSPS) is 17.7. The van der Waals surface area contributed by atoms with Crippen LogP contribution in [-0.4, -0.2) is 41.4 Å². The largest absolute Gasteiger partial charge is 0.344 e. The summed E-state index contributed by atoms with van der Waals surface area (Å²) in [5.74, 6) is 0.650. The topological polar surface area (TPSA) is 62.3 Å². The third kappa shape index (κ3) is 3.35. The molecule has 0 saturated carbocycles. The van der Waals surface area contributed by atoms with Crippen LogP contribution in [0.1, 0.15) is 17.5 Å². The molecule has 5 nitrogen and oxygen atoms in total. The van der Waals surface area contributed by atoms with Crippen LogP contribution in [0.25, 0.3) is 10.2 Å². The number of aryl methyl sites for hydroxylation is 2. The van der Waals surface area contributed by atoms with E-state index in [0.717, 1.165) is 33.1 Å². The number of likely N-dealkylation sites (N-methyl/N-ethyl adjacent to an activating group) is 1. The molecule has 1 aliphatic rings. The van der Waals surface area contributed by atoms with Crippen molar-refractivity contribution in [3.05, 3.63) is 23.3 Å². The second-order valence-corrected chi connectivity index (χ2v) is 7.88. The Morgan fingerprint density at radius 2 is 2.13 bits per heavy atom. The molecule has 0 aliphatic carbocycles. The van der Waals surface area contributed by atoms with E-state index in [9.17, 15) is 9.59 Å². The first kappa shape index (κ1) is 16.3. The van der Waals surface area contributed by atoms with Crippen LogP contribution in [0.2, 0.25) is 0 Å². The van der Waals surface area contributed by atoms with E-state index in [1.54, 1.807) is 11.3 Å². The molecule has 3 rings (SSSR count). The lowest BCUT2D eigenvalue weighted by atomic mass is 10.1. The zero-order valence-corrected chi connectivity index (χ0v) is 15.0. The third-order valence-electron chi connectivity index (χ3n) is 3.91. The van der Waals surface area contributed by atoms with Gasteiger partial charge in [-0.2, -0.15) is 0 Å². The van der Waals surface area contributed by atoms with Crippen LogP contribution in [0, 0.1) is 13.8 Å². The zero-order valence-electron chi connectivity index (χ0n) is 13.4. The van der Waals surface area contributed by atoms with Gasteiger partial charge in [0, 0.05) is 12.8 Å². The van der Waals surface area contributed by atoms with Crippen molar-refractivity contribution >= 4 is 49.5 Å². The van der Waals surface area contributed by atoms with Crippen molar-refractivity contribution in [2.24, 2.45) is 0 Å². The number of carbonyl (C=O) groups excluding carboxylic acids is 2. The molecule has 0 radical (unpaired) electrons. The number of rotatable bonds is 4.